The van der Waals surface area contributed by atoms with Gasteiger partial charge in [0.1, 0.15) is 5.71 Å². The Morgan fingerprint density at radius 2 is 1.87 bits per heavy atom. The molecule has 2 N–H and O–H groups in total. The summed E-state index contributed by atoms with van der Waals surface area (Å²) in [6, 6.07) is 14.3. The van der Waals surface area contributed by atoms with Gasteiger partial charge >= 0.3 is 5.97 Å². The molecule has 23 heavy (non-hydrogen) atoms. The van der Waals surface area contributed by atoms with Crippen molar-refractivity contribution in [2.75, 3.05) is 5.43 Å². The van der Waals surface area contributed by atoms with E-state index in [9.17, 15) is 4.79 Å². The van der Waals surface area contributed by atoms with Crippen molar-refractivity contribution < 1.29 is 9.90 Å². The van der Waals surface area contributed by atoms with Gasteiger partial charge in [0.2, 0.25) is 0 Å². The number of carbonyl (C=O) groups is 1. The molecule has 116 valence electrons. The van der Waals surface area contributed by atoms with Crippen LogP contribution in [0.2, 0.25) is 0 Å². The first kappa shape index (κ1) is 14.8. The molecule has 0 spiro atoms. The van der Waals surface area contributed by atoms with Crippen LogP contribution in [0.1, 0.15) is 23.1 Å². The molecule has 1 heterocycles. The second-order valence-corrected chi connectivity index (χ2v) is 5.17. The van der Waals surface area contributed by atoms with E-state index in [1.807, 2.05) is 42.8 Å². The molecule has 0 aliphatic rings. The van der Waals surface area contributed by atoms with E-state index in [1.165, 1.54) is 12.1 Å². The molecule has 0 aliphatic carbocycles. The number of hydrogen-bond donors (Lipinski definition) is 2. The lowest BCUT2D eigenvalue weighted by Crippen LogP contribution is -2.07. The molecule has 3 aromatic rings. The second-order valence-electron chi connectivity index (χ2n) is 5.17. The molecule has 0 saturated carbocycles. The van der Waals surface area contributed by atoms with Crippen LogP contribution in [0.25, 0.3) is 11.0 Å². The number of aryl methyl sites for hydroxylation is 1. The topological polar surface area (TPSA) is 79.5 Å². The zero-order valence-electron chi connectivity index (χ0n) is 12.8. The molecule has 0 aliphatic heterocycles. The van der Waals surface area contributed by atoms with Gasteiger partial charge in [-0.15, -0.1) is 0 Å². The molecule has 0 radical (unpaired) electrons. The molecule has 3 rings (SSSR count). The molecule has 0 bridgehead atoms. The number of anilines is 1. The summed E-state index contributed by atoms with van der Waals surface area (Å²) in [5, 5.41) is 13.2. The number of hydrogen-bond acceptors (Lipinski definition) is 4. The Morgan fingerprint density at radius 3 is 2.52 bits per heavy atom. The lowest BCUT2D eigenvalue weighted by Gasteiger charge is -2.04. The van der Waals surface area contributed by atoms with Gasteiger partial charge in [-0.2, -0.15) is 5.10 Å². The summed E-state index contributed by atoms with van der Waals surface area (Å²) < 4.78 is 1.99. The average Bonchev–Trinajstić information content (AvgIpc) is 2.90. The summed E-state index contributed by atoms with van der Waals surface area (Å²) >= 11 is 0. The minimum Gasteiger partial charge on any atom is -0.478 e. The summed E-state index contributed by atoms with van der Waals surface area (Å²) in [5.74, 6) is -0.170. The molecular formula is C17H16N4O2. The van der Waals surface area contributed by atoms with Crippen LogP contribution in [0.4, 0.5) is 5.69 Å². The highest BCUT2D eigenvalue weighted by atomic mass is 16.4. The molecular weight excluding hydrogens is 292 g/mol. The maximum absolute atomic E-state index is 10.8. The molecule has 0 atom stereocenters. The minimum atomic E-state index is -0.948. The van der Waals surface area contributed by atoms with Crippen molar-refractivity contribution in [3.8, 4) is 0 Å². The number of aromatic nitrogens is 2. The van der Waals surface area contributed by atoms with Crippen molar-refractivity contribution in [2.45, 2.75) is 6.92 Å². The number of rotatable bonds is 4. The maximum Gasteiger partial charge on any atom is 0.335 e. The van der Waals surface area contributed by atoms with E-state index in [4.69, 9.17) is 5.11 Å². The number of imidazole rings is 1. The van der Waals surface area contributed by atoms with E-state index in [2.05, 4.69) is 15.5 Å². The predicted octanol–water partition coefficient (Wildman–Crippen LogP) is 3.11. The highest BCUT2D eigenvalue weighted by Gasteiger charge is 2.09. The Morgan fingerprint density at radius 1 is 1.17 bits per heavy atom. The fraction of sp³-hybridized carbons (Fsp3) is 0.118. The predicted molar refractivity (Wildman–Crippen MR) is 89.9 cm³/mol. The van der Waals surface area contributed by atoms with Crippen LogP contribution < -0.4 is 5.43 Å². The SMILES string of the molecule is C/C(=N/Nc1ccc(C(=O)O)cc1)c1nc2ccccc2n1C. The van der Waals surface area contributed by atoms with Crippen molar-refractivity contribution >= 4 is 28.4 Å². The Kier molecular flexibility index (Phi) is 3.80. The number of carboxylic acid groups (broad SMARTS) is 1. The van der Waals surface area contributed by atoms with Gasteiger partial charge in [-0.3, -0.25) is 5.43 Å². The maximum atomic E-state index is 10.8. The van der Waals surface area contributed by atoms with Gasteiger partial charge in [0.05, 0.1) is 22.3 Å². The number of aromatic carboxylic acids is 1. The lowest BCUT2D eigenvalue weighted by atomic mass is 10.2. The molecule has 6 nitrogen and oxygen atoms in total. The molecule has 0 fully saturated rings. The Balaban J connectivity index is 1.84. The minimum absolute atomic E-state index is 0.242. The van der Waals surface area contributed by atoms with Gasteiger partial charge < -0.3 is 9.67 Å². The number of para-hydroxylation sites is 2. The van der Waals surface area contributed by atoms with Crippen LogP contribution in [0.15, 0.2) is 53.6 Å². The zero-order chi connectivity index (χ0) is 16.4. The molecule has 1 aromatic heterocycles. The van der Waals surface area contributed by atoms with Crippen LogP contribution in [0.5, 0.6) is 0 Å². The normalized spacial score (nSPS) is 11.7. The van der Waals surface area contributed by atoms with Crippen LogP contribution >= 0.6 is 0 Å². The third-order valence-electron chi connectivity index (χ3n) is 3.60. The van der Waals surface area contributed by atoms with Gasteiger partial charge in [-0.25, -0.2) is 9.78 Å². The summed E-state index contributed by atoms with van der Waals surface area (Å²) in [4.78, 5) is 15.4. The van der Waals surface area contributed by atoms with Crippen LogP contribution in [-0.4, -0.2) is 26.3 Å². The van der Waals surface area contributed by atoms with Crippen molar-refractivity contribution in [3.63, 3.8) is 0 Å². The highest BCUT2D eigenvalue weighted by molar-refractivity contribution is 5.99. The fourth-order valence-corrected chi connectivity index (χ4v) is 2.35. The number of carboxylic acids is 1. The molecule has 6 heteroatoms. The molecule has 0 saturated heterocycles. The fourth-order valence-electron chi connectivity index (χ4n) is 2.35. The van der Waals surface area contributed by atoms with E-state index in [-0.39, 0.29) is 5.56 Å². The molecule has 0 unspecified atom stereocenters. The van der Waals surface area contributed by atoms with Gasteiger partial charge in [0, 0.05) is 7.05 Å². The van der Waals surface area contributed by atoms with Gasteiger partial charge in [0.25, 0.3) is 0 Å². The van der Waals surface area contributed by atoms with Crippen LogP contribution in [-0.2, 0) is 7.05 Å². The van der Waals surface area contributed by atoms with E-state index in [1.54, 1.807) is 12.1 Å². The van der Waals surface area contributed by atoms with Gasteiger partial charge in [-0.1, -0.05) is 12.1 Å². The monoisotopic (exact) mass is 308 g/mol. The first-order valence-electron chi connectivity index (χ1n) is 7.12. The number of hydrazone groups is 1. The summed E-state index contributed by atoms with van der Waals surface area (Å²) in [7, 11) is 1.95. The van der Waals surface area contributed by atoms with Crippen molar-refractivity contribution in [2.24, 2.45) is 12.1 Å². The first-order chi connectivity index (χ1) is 11.1. The standard InChI is InChI=1S/C17H16N4O2/c1-11(16-18-14-5-3-4-6-15(14)21(16)2)19-20-13-9-7-12(8-10-13)17(22)23/h3-10,20H,1-2H3,(H,22,23)/b19-11-. The summed E-state index contributed by atoms with van der Waals surface area (Å²) in [5.41, 5.74) is 6.59. The molecule has 0 amide bonds. The number of benzene rings is 2. The molecule has 2 aromatic carbocycles. The van der Waals surface area contributed by atoms with Crippen molar-refractivity contribution in [1.29, 1.82) is 0 Å². The summed E-state index contributed by atoms with van der Waals surface area (Å²) in [6.07, 6.45) is 0. The quantitative estimate of drug-likeness (QED) is 0.573. The third-order valence-corrected chi connectivity index (χ3v) is 3.60. The van der Waals surface area contributed by atoms with E-state index < -0.39 is 5.97 Å². The van der Waals surface area contributed by atoms with Crippen LogP contribution in [0, 0.1) is 0 Å². The van der Waals surface area contributed by atoms with Crippen molar-refractivity contribution in [1.82, 2.24) is 9.55 Å². The van der Waals surface area contributed by atoms with Gasteiger partial charge in [0.15, 0.2) is 5.82 Å². The summed E-state index contributed by atoms with van der Waals surface area (Å²) in [6.45, 7) is 1.87. The van der Waals surface area contributed by atoms with E-state index in [0.717, 1.165) is 22.6 Å². The van der Waals surface area contributed by atoms with Crippen molar-refractivity contribution in [3.05, 3.63) is 59.9 Å². The van der Waals surface area contributed by atoms with Crippen LogP contribution in [0.3, 0.4) is 0 Å². The smallest absolute Gasteiger partial charge is 0.335 e. The largest absolute Gasteiger partial charge is 0.478 e. The first-order valence-corrected chi connectivity index (χ1v) is 7.12. The van der Waals surface area contributed by atoms with E-state index >= 15 is 0 Å². The Hall–Kier alpha value is -3.15. The lowest BCUT2D eigenvalue weighted by molar-refractivity contribution is 0.0697. The Bertz CT molecular complexity index is 895. The van der Waals surface area contributed by atoms with E-state index in [0.29, 0.717) is 5.69 Å². The third kappa shape index (κ3) is 2.91. The highest BCUT2D eigenvalue weighted by Crippen LogP contribution is 2.15. The number of fused-ring (bicyclic) bond motifs is 1. The Labute approximate surface area is 133 Å². The number of nitrogens with zero attached hydrogens (tertiary/aromatic N) is 3. The second kappa shape index (κ2) is 5.92. The van der Waals surface area contributed by atoms with Gasteiger partial charge in [-0.05, 0) is 43.3 Å². The number of nitrogens with one attached hydrogen (secondary N) is 1. The average molecular weight is 308 g/mol. The zero-order valence-corrected chi connectivity index (χ0v) is 12.8.